The summed E-state index contributed by atoms with van der Waals surface area (Å²) >= 11 is 0. The molecule has 1 saturated heterocycles. The molecule has 1 saturated carbocycles. The number of hydrogen-bond acceptors (Lipinski definition) is 2. The molecule has 1 aliphatic heterocycles. The molecule has 2 rings (SSSR count). The van der Waals surface area contributed by atoms with Crippen LogP contribution in [0, 0.1) is 11.8 Å². The van der Waals surface area contributed by atoms with Crippen molar-refractivity contribution in [3.63, 3.8) is 0 Å². The van der Waals surface area contributed by atoms with Crippen molar-refractivity contribution in [1.29, 1.82) is 0 Å². The van der Waals surface area contributed by atoms with E-state index in [-0.39, 0.29) is 0 Å². The summed E-state index contributed by atoms with van der Waals surface area (Å²) in [7, 11) is 0. The number of hydrogen-bond donors (Lipinski definition) is 1. The molecule has 0 aromatic rings. The molecule has 0 aromatic carbocycles. The van der Waals surface area contributed by atoms with Gasteiger partial charge in [-0.25, -0.2) is 0 Å². The third-order valence-corrected chi connectivity index (χ3v) is 4.80. The number of likely N-dealkylation sites (N-methyl/N-ethyl adjacent to an activating group) is 1. The van der Waals surface area contributed by atoms with Gasteiger partial charge in [0.1, 0.15) is 0 Å². The number of piperidine rings is 1. The minimum absolute atomic E-state index is 0.750. The van der Waals surface area contributed by atoms with E-state index in [9.17, 15) is 0 Å². The molecule has 100 valence electrons. The van der Waals surface area contributed by atoms with Crippen LogP contribution < -0.4 is 5.32 Å². The van der Waals surface area contributed by atoms with Gasteiger partial charge in [-0.15, -0.1) is 0 Å². The van der Waals surface area contributed by atoms with Crippen LogP contribution in [0.25, 0.3) is 0 Å². The molecule has 1 heterocycles. The predicted molar refractivity (Wildman–Crippen MR) is 74.2 cm³/mol. The van der Waals surface area contributed by atoms with Crippen LogP contribution in [-0.4, -0.2) is 36.6 Å². The van der Waals surface area contributed by atoms with Gasteiger partial charge in [-0.2, -0.15) is 0 Å². The van der Waals surface area contributed by atoms with Crippen molar-refractivity contribution in [1.82, 2.24) is 10.2 Å². The van der Waals surface area contributed by atoms with Gasteiger partial charge < -0.3 is 5.32 Å². The average molecular weight is 238 g/mol. The molecule has 2 fully saturated rings. The highest BCUT2D eigenvalue weighted by Crippen LogP contribution is 2.33. The van der Waals surface area contributed by atoms with Crippen molar-refractivity contribution < 1.29 is 0 Å². The fourth-order valence-corrected chi connectivity index (χ4v) is 3.95. The normalized spacial score (nSPS) is 40.4. The lowest BCUT2D eigenvalue weighted by Crippen LogP contribution is -2.52. The minimum Gasteiger partial charge on any atom is -0.313 e. The SMILES string of the molecule is CCNC1CCCN(C2CCC(C)CC2C)C1. The highest BCUT2D eigenvalue weighted by Gasteiger charge is 2.32. The van der Waals surface area contributed by atoms with Crippen LogP contribution in [0.1, 0.15) is 52.9 Å². The first-order valence-electron chi connectivity index (χ1n) is 7.68. The van der Waals surface area contributed by atoms with E-state index in [4.69, 9.17) is 0 Å². The summed E-state index contributed by atoms with van der Waals surface area (Å²) in [5, 5.41) is 3.64. The van der Waals surface area contributed by atoms with E-state index in [2.05, 4.69) is 31.0 Å². The highest BCUT2D eigenvalue weighted by molar-refractivity contribution is 4.88. The first kappa shape index (κ1) is 13.4. The quantitative estimate of drug-likeness (QED) is 0.813. The molecule has 4 unspecified atom stereocenters. The maximum atomic E-state index is 3.64. The van der Waals surface area contributed by atoms with Gasteiger partial charge in [0.2, 0.25) is 0 Å². The van der Waals surface area contributed by atoms with E-state index in [0.717, 1.165) is 30.5 Å². The summed E-state index contributed by atoms with van der Waals surface area (Å²) < 4.78 is 0. The summed E-state index contributed by atoms with van der Waals surface area (Å²) in [6.07, 6.45) is 7.07. The molecule has 1 aliphatic carbocycles. The first-order chi connectivity index (χ1) is 8.20. The topological polar surface area (TPSA) is 15.3 Å². The lowest BCUT2D eigenvalue weighted by molar-refractivity contribution is 0.0643. The Bertz CT molecular complexity index is 227. The monoisotopic (exact) mass is 238 g/mol. The fraction of sp³-hybridized carbons (Fsp3) is 1.00. The third kappa shape index (κ3) is 3.45. The molecule has 0 radical (unpaired) electrons. The molecule has 2 heteroatoms. The Balaban J connectivity index is 1.88. The van der Waals surface area contributed by atoms with Crippen LogP contribution in [0.15, 0.2) is 0 Å². The van der Waals surface area contributed by atoms with Crippen LogP contribution in [0.5, 0.6) is 0 Å². The van der Waals surface area contributed by atoms with Crippen molar-refractivity contribution in [2.24, 2.45) is 11.8 Å². The Morgan fingerprint density at radius 2 is 2.00 bits per heavy atom. The van der Waals surface area contributed by atoms with Crippen molar-refractivity contribution in [3.05, 3.63) is 0 Å². The number of nitrogens with one attached hydrogen (secondary N) is 1. The van der Waals surface area contributed by atoms with Gasteiger partial charge in [-0.05, 0) is 57.0 Å². The first-order valence-corrected chi connectivity index (χ1v) is 7.68. The Labute approximate surface area is 107 Å². The Morgan fingerprint density at radius 3 is 2.71 bits per heavy atom. The predicted octanol–water partition coefficient (Wildman–Crippen LogP) is 2.89. The van der Waals surface area contributed by atoms with E-state index in [1.165, 1.54) is 45.2 Å². The number of rotatable bonds is 3. The van der Waals surface area contributed by atoms with Crippen LogP contribution in [0.2, 0.25) is 0 Å². The third-order valence-electron chi connectivity index (χ3n) is 4.80. The zero-order valence-electron chi connectivity index (χ0n) is 11.9. The molecule has 0 spiro atoms. The van der Waals surface area contributed by atoms with Gasteiger partial charge in [0, 0.05) is 18.6 Å². The molecular formula is C15H30N2. The van der Waals surface area contributed by atoms with Gasteiger partial charge in [0.05, 0.1) is 0 Å². The number of nitrogens with zero attached hydrogens (tertiary/aromatic N) is 1. The largest absolute Gasteiger partial charge is 0.313 e. The molecule has 0 aromatic heterocycles. The van der Waals surface area contributed by atoms with Gasteiger partial charge in [-0.3, -0.25) is 4.90 Å². The summed E-state index contributed by atoms with van der Waals surface area (Å²) in [5.41, 5.74) is 0. The zero-order chi connectivity index (χ0) is 12.3. The summed E-state index contributed by atoms with van der Waals surface area (Å²) in [4.78, 5) is 2.79. The van der Waals surface area contributed by atoms with Gasteiger partial charge >= 0.3 is 0 Å². The molecule has 0 bridgehead atoms. The Hall–Kier alpha value is -0.0800. The van der Waals surface area contributed by atoms with E-state index in [0.29, 0.717) is 0 Å². The smallest absolute Gasteiger partial charge is 0.0195 e. The zero-order valence-corrected chi connectivity index (χ0v) is 11.9. The second-order valence-corrected chi connectivity index (χ2v) is 6.35. The average Bonchev–Trinajstić information content (AvgIpc) is 2.29. The van der Waals surface area contributed by atoms with E-state index >= 15 is 0 Å². The van der Waals surface area contributed by atoms with Crippen LogP contribution in [0.3, 0.4) is 0 Å². The van der Waals surface area contributed by atoms with Crippen LogP contribution in [0.4, 0.5) is 0 Å². The van der Waals surface area contributed by atoms with Gasteiger partial charge in [0.15, 0.2) is 0 Å². The summed E-state index contributed by atoms with van der Waals surface area (Å²) in [6.45, 7) is 10.9. The maximum Gasteiger partial charge on any atom is 0.0195 e. The standard InChI is InChI=1S/C15H30N2/c1-4-16-14-6-5-9-17(11-14)15-8-7-12(2)10-13(15)3/h12-16H,4-11H2,1-3H3. The molecular weight excluding hydrogens is 208 g/mol. The molecule has 1 N–H and O–H groups in total. The molecule has 2 aliphatic rings. The minimum atomic E-state index is 0.750. The lowest BCUT2D eigenvalue weighted by Gasteiger charge is -2.44. The van der Waals surface area contributed by atoms with Crippen LogP contribution >= 0.6 is 0 Å². The van der Waals surface area contributed by atoms with Crippen molar-refractivity contribution in [2.75, 3.05) is 19.6 Å². The Kier molecular flexibility index (Phi) is 4.87. The lowest BCUT2D eigenvalue weighted by atomic mass is 9.78. The summed E-state index contributed by atoms with van der Waals surface area (Å²) in [5.74, 6) is 1.86. The molecule has 4 atom stereocenters. The fourth-order valence-electron chi connectivity index (χ4n) is 3.95. The van der Waals surface area contributed by atoms with E-state index in [1.807, 2.05) is 0 Å². The maximum absolute atomic E-state index is 3.64. The second-order valence-electron chi connectivity index (χ2n) is 6.35. The van der Waals surface area contributed by atoms with Gasteiger partial charge in [-0.1, -0.05) is 20.8 Å². The molecule has 17 heavy (non-hydrogen) atoms. The second kappa shape index (κ2) is 6.19. The highest BCUT2D eigenvalue weighted by atomic mass is 15.2. The van der Waals surface area contributed by atoms with Gasteiger partial charge in [0.25, 0.3) is 0 Å². The molecule has 2 nitrogen and oxygen atoms in total. The van der Waals surface area contributed by atoms with E-state index in [1.54, 1.807) is 0 Å². The van der Waals surface area contributed by atoms with Crippen LogP contribution in [-0.2, 0) is 0 Å². The number of likely N-dealkylation sites (tertiary alicyclic amines) is 1. The van der Waals surface area contributed by atoms with Crippen molar-refractivity contribution >= 4 is 0 Å². The Morgan fingerprint density at radius 1 is 1.18 bits per heavy atom. The summed E-state index contributed by atoms with van der Waals surface area (Å²) in [6, 6.07) is 1.62. The van der Waals surface area contributed by atoms with Crippen molar-refractivity contribution in [3.8, 4) is 0 Å². The van der Waals surface area contributed by atoms with Crippen molar-refractivity contribution in [2.45, 2.75) is 65.0 Å². The molecule has 0 amide bonds. The van der Waals surface area contributed by atoms with E-state index < -0.39 is 0 Å².